The Morgan fingerprint density at radius 3 is 3.00 bits per heavy atom. The summed E-state index contributed by atoms with van der Waals surface area (Å²) >= 11 is 0. The van der Waals surface area contributed by atoms with E-state index < -0.39 is 0 Å². The van der Waals surface area contributed by atoms with E-state index in [0.717, 1.165) is 0 Å². The van der Waals surface area contributed by atoms with Crippen molar-refractivity contribution >= 4 is 5.84 Å². The maximum absolute atomic E-state index is 8.22. The zero-order valence-electron chi connectivity index (χ0n) is 5.52. The molecule has 0 aliphatic heterocycles. The molecule has 54 valence electrons. The van der Waals surface area contributed by atoms with Crippen LogP contribution in [0.25, 0.3) is 0 Å². The molecule has 0 aromatic carbocycles. The van der Waals surface area contributed by atoms with Gasteiger partial charge in [0.15, 0.2) is 5.84 Å². The van der Waals surface area contributed by atoms with Crippen molar-refractivity contribution in [3.63, 3.8) is 0 Å². The van der Waals surface area contributed by atoms with Gasteiger partial charge in [-0.3, -0.25) is 4.68 Å². The summed E-state index contributed by atoms with van der Waals surface area (Å²) in [4.78, 5) is 0. The number of nitrogens with zero attached hydrogens (tertiary/aromatic N) is 3. The van der Waals surface area contributed by atoms with E-state index in [-0.39, 0.29) is 5.84 Å². The molecule has 0 bridgehead atoms. The Balaban J connectivity index is 2.95. The highest BCUT2D eigenvalue weighted by atomic mass is 16.4. The van der Waals surface area contributed by atoms with Gasteiger partial charge in [0.05, 0.1) is 11.8 Å². The highest BCUT2D eigenvalue weighted by Crippen LogP contribution is 1.93. The third-order valence-corrected chi connectivity index (χ3v) is 1.11. The second kappa shape index (κ2) is 2.38. The largest absolute Gasteiger partial charge is 0.409 e. The van der Waals surface area contributed by atoms with Crippen LogP contribution >= 0.6 is 0 Å². The molecule has 5 nitrogen and oxygen atoms in total. The minimum Gasteiger partial charge on any atom is -0.409 e. The standard InChI is InChI=1S/C5H8N4O/c1-9-3-4(2-7-9)5(6)8-10/h2-3,10H,1H3,(H2,6,8). The number of hydrogen-bond acceptors (Lipinski definition) is 3. The third kappa shape index (κ3) is 1.07. The Morgan fingerprint density at radius 1 is 1.90 bits per heavy atom. The van der Waals surface area contributed by atoms with Gasteiger partial charge >= 0.3 is 0 Å². The second-order valence-electron chi connectivity index (χ2n) is 1.89. The van der Waals surface area contributed by atoms with Crippen LogP contribution in [0.15, 0.2) is 17.5 Å². The summed E-state index contributed by atoms with van der Waals surface area (Å²) in [5.41, 5.74) is 5.87. The van der Waals surface area contributed by atoms with Crippen molar-refractivity contribution in [2.24, 2.45) is 17.9 Å². The minimum absolute atomic E-state index is 0.0769. The molecule has 1 rings (SSSR count). The van der Waals surface area contributed by atoms with Crippen molar-refractivity contribution in [3.05, 3.63) is 18.0 Å². The van der Waals surface area contributed by atoms with E-state index in [2.05, 4.69) is 10.3 Å². The summed E-state index contributed by atoms with van der Waals surface area (Å²) in [6.45, 7) is 0. The van der Waals surface area contributed by atoms with Crippen molar-refractivity contribution in [2.45, 2.75) is 0 Å². The lowest BCUT2D eigenvalue weighted by molar-refractivity contribution is 0.318. The van der Waals surface area contributed by atoms with Gasteiger partial charge in [0, 0.05) is 13.2 Å². The lowest BCUT2D eigenvalue weighted by atomic mass is 10.3. The average molecular weight is 140 g/mol. The third-order valence-electron chi connectivity index (χ3n) is 1.11. The van der Waals surface area contributed by atoms with Crippen LogP contribution < -0.4 is 5.73 Å². The zero-order valence-corrected chi connectivity index (χ0v) is 5.52. The summed E-state index contributed by atoms with van der Waals surface area (Å²) in [6, 6.07) is 0. The molecule has 0 saturated carbocycles. The first-order valence-corrected chi connectivity index (χ1v) is 2.70. The molecule has 0 saturated heterocycles. The number of nitrogens with two attached hydrogens (primary N) is 1. The van der Waals surface area contributed by atoms with Gasteiger partial charge in [-0.1, -0.05) is 5.16 Å². The molecule has 0 unspecified atom stereocenters. The van der Waals surface area contributed by atoms with Crippen LogP contribution in [0.4, 0.5) is 0 Å². The van der Waals surface area contributed by atoms with Crippen LogP contribution in [-0.2, 0) is 7.05 Å². The van der Waals surface area contributed by atoms with E-state index >= 15 is 0 Å². The molecular weight excluding hydrogens is 132 g/mol. The van der Waals surface area contributed by atoms with E-state index in [1.807, 2.05) is 0 Å². The first-order valence-electron chi connectivity index (χ1n) is 2.70. The SMILES string of the molecule is Cn1cc(/C(N)=N/O)cn1. The van der Waals surface area contributed by atoms with Crippen LogP contribution in [0.2, 0.25) is 0 Å². The predicted molar refractivity (Wildman–Crippen MR) is 35.7 cm³/mol. The number of hydrogen-bond donors (Lipinski definition) is 2. The van der Waals surface area contributed by atoms with Gasteiger partial charge in [-0.25, -0.2) is 0 Å². The molecule has 1 heterocycles. The lowest BCUT2D eigenvalue weighted by Gasteiger charge is -1.88. The van der Waals surface area contributed by atoms with Crippen molar-refractivity contribution in [1.82, 2.24) is 9.78 Å². The molecule has 1 aromatic heterocycles. The van der Waals surface area contributed by atoms with Gasteiger partial charge in [-0.05, 0) is 0 Å². The number of amidine groups is 1. The van der Waals surface area contributed by atoms with E-state index in [1.54, 1.807) is 17.9 Å². The van der Waals surface area contributed by atoms with Crippen molar-refractivity contribution in [1.29, 1.82) is 0 Å². The molecule has 0 amide bonds. The summed E-state index contributed by atoms with van der Waals surface area (Å²) in [5, 5.41) is 14.9. The van der Waals surface area contributed by atoms with Gasteiger partial charge in [0.2, 0.25) is 0 Å². The molecule has 0 fully saturated rings. The lowest BCUT2D eigenvalue weighted by Crippen LogP contribution is -2.11. The number of aryl methyl sites for hydroxylation is 1. The molecular formula is C5H8N4O. The molecule has 1 aromatic rings. The average Bonchev–Trinajstić information content (AvgIpc) is 2.34. The summed E-state index contributed by atoms with van der Waals surface area (Å²) in [7, 11) is 1.76. The van der Waals surface area contributed by atoms with E-state index in [0.29, 0.717) is 5.56 Å². The first kappa shape index (κ1) is 6.60. The van der Waals surface area contributed by atoms with Crippen molar-refractivity contribution in [3.8, 4) is 0 Å². The molecule has 0 aliphatic rings. The number of aromatic nitrogens is 2. The fraction of sp³-hybridized carbons (Fsp3) is 0.200. The number of rotatable bonds is 1. The highest BCUT2D eigenvalue weighted by Gasteiger charge is 1.99. The topological polar surface area (TPSA) is 76.4 Å². The Hall–Kier alpha value is -1.52. The zero-order chi connectivity index (χ0) is 7.56. The smallest absolute Gasteiger partial charge is 0.173 e. The minimum atomic E-state index is 0.0769. The molecule has 0 atom stereocenters. The van der Waals surface area contributed by atoms with Gasteiger partial charge < -0.3 is 10.9 Å². The highest BCUT2D eigenvalue weighted by molar-refractivity contribution is 5.96. The first-order chi connectivity index (χ1) is 4.74. The molecule has 10 heavy (non-hydrogen) atoms. The molecule has 0 aliphatic carbocycles. The fourth-order valence-corrected chi connectivity index (χ4v) is 0.611. The number of oxime groups is 1. The predicted octanol–water partition coefficient (Wildman–Crippen LogP) is -0.485. The monoisotopic (exact) mass is 140 g/mol. The summed E-state index contributed by atoms with van der Waals surface area (Å²) in [6.07, 6.45) is 3.18. The van der Waals surface area contributed by atoms with Crippen LogP contribution in [0.5, 0.6) is 0 Å². The van der Waals surface area contributed by atoms with Gasteiger partial charge in [0.25, 0.3) is 0 Å². The second-order valence-corrected chi connectivity index (χ2v) is 1.89. The molecule has 0 radical (unpaired) electrons. The van der Waals surface area contributed by atoms with E-state index in [9.17, 15) is 0 Å². The van der Waals surface area contributed by atoms with E-state index in [1.165, 1.54) is 6.20 Å². The van der Waals surface area contributed by atoms with Gasteiger partial charge in [-0.15, -0.1) is 0 Å². The van der Waals surface area contributed by atoms with Crippen LogP contribution in [-0.4, -0.2) is 20.8 Å². The molecule has 5 heteroatoms. The van der Waals surface area contributed by atoms with Crippen LogP contribution in [0.1, 0.15) is 5.56 Å². The van der Waals surface area contributed by atoms with Crippen LogP contribution in [0, 0.1) is 0 Å². The normalized spacial score (nSPS) is 11.9. The Morgan fingerprint density at radius 2 is 2.60 bits per heavy atom. The molecule has 3 N–H and O–H groups in total. The Kier molecular flexibility index (Phi) is 1.57. The van der Waals surface area contributed by atoms with Gasteiger partial charge in [0.1, 0.15) is 0 Å². The van der Waals surface area contributed by atoms with E-state index in [4.69, 9.17) is 10.9 Å². The summed E-state index contributed by atoms with van der Waals surface area (Å²) < 4.78 is 1.58. The molecule has 0 spiro atoms. The van der Waals surface area contributed by atoms with Crippen molar-refractivity contribution < 1.29 is 5.21 Å². The van der Waals surface area contributed by atoms with Crippen LogP contribution in [0.3, 0.4) is 0 Å². The Bertz CT molecular complexity index is 252. The van der Waals surface area contributed by atoms with Gasteiger partial charge in [-0.2, -0.15) is 5.10 Å². The summed E-state index contributed by atoms with van der Waals surface area (Å²) in [5.74, 6) is 0.0769. The maximum atomic E-state index is 8.22. The fourth-order valence-electron chi connectivity index (χ4n) is 0.611. The Labute approximate surface area is 57.8 Å². The quantitative estimate of drug-likeness (QED) is 0.239. The van der Waals surface area contributed by atoms with Crippen molar-refractivity contribution in [2.75, 3.05) is 0 Å². The maximum Gasteiger partial charge on any atom is 0.173 e.